The summed E-state index contributed by atoms with van der Waals surface area (Å²) in [6, 6.07) is 18.5. The van der Waals surface area contributed by atoms with Crippen molar-refractivity contribution in [2.75, 3.05) is 41.7 Å². The molecule has 1 fully saturated rings. The van der Waals surface area contributed by atoms with E-state index < -0.39 is 0 Å². The van der Waals surface area contributed by atoms with Gasteiger partial charge in [0.05, 0.1) is 17.6 Å². The van der Waals surface area contributed by atoms with Crippen LogP contribution in [0.1, 0.15) is 20.8 Å². The number of aromatic nitrogens is 4. The van der Waals surface area contributed by atoms with Crippen molar-refractivity contribution in [1.82, 2.24) is 24.9 Å². The van der Waals surface area contributed by atoms with Crippen LogP contribution < -0.4 is 20.9 Å². The molecule has 8 heteroatoms. The molecule has 1 aromatic carbocycles. The van der Waals surface area contributed by atoms with E-state index in [1.54, 1.807) is 0 Å². The molecule has 0 unspecified atom stereocenters. The molecule has 0 atom stereocenters. The number of hydrogen-bond donors (Lipinski definition) is 3. The molecule has 170 valence electrons. The van der Waals surface area contributed by atoms with Gasteiger partial charge < -0.3 is 20.9 Å². The number of fused-ring (bicyclic) bond motifs is 1. The van der Waals surface area contributed by atoms with E-state index in [1.807, 2.05) is 28.9 Å². The molecular formula is C25H30N8. The van der Waals surface area contributed by atoms with E-state index in [4.69, 9.17) is 5.10 Å². The van der Waals surface area contributed by atoms with Crippen molar-refractivity contribution in [3.63, 3.8) is 0 Å². The van der Waals surface area contributed by atoms with Crippen LogP contribution in [0.3, 0.4) is 0 Å². The number of anilines is 4. The zero-order chi connectivity index (χ0) is 22.8. The van der Waals surface area contributed by atoms with E-state index in [1.165, 1.54) is 0 Å². The molecule has 0 radical (unpaired) electrons. The lowest BCUT2D eigenvalue weighted by atomic mass is 10.1. The van der Waals surface area contributed by atoms with Crippen molar-refractivity contribution in [3.05, 3.63) is 60.8 Å². The Kier molecular flexibility index (Phi) is 5.60. The number of pyridine rings is 2. The lowest BCUT2D eigenvalue weighted by molar-refractivity contribution is 0.589. The summed E-state index contributed by atoms with van der Waals surface area (Å²) in [6.07, 6.45) is 1.91. The summed E-state index contributed by atoms with van der Waals surface area (Å²) in [7, 11) is 0. The molecule has 0 spiro atoms. The maximum Gasteiger partial charge on any atom is 0.248 e. The van der Waals surface area contributed by atoms with Gasteiger partial charge >= 0.3 is 0 Å². The summed E-state index contributed by atoms with van der Waals surface area (Å²) >= 11 is 0. The molecule has 3 N–H and O–H groups in total. The number of rotatable bonds is 5. The van der Waals surface area contributed by atoms with Gasteiger partial charge in [-0.1, -0.05) is 18.2 Å². The molecule has 3 aromatic heterocycles. The van der Waals surface area contributed by atoms with Crippen LogP contribution in [0.2, 0.25) is 0 Å². The summed E-state index contributed by atoms with van der Waals surface area (Å²) in [6.45, 7) is 10.5. The molecule has 5 rings (SSSR count). The van der Waals surface area contributed by atoms with Gasteiger partial charge in [-0.15, -0.1) is 5.10 Å². The maximum atomic E-state index is 4.72. The minimum absolute atomic E-state index is 0.0115. The third-order valence-corrected chi connectivity index (χ3v) is 5.51. The first-order valence-electron chi connectivity index (χ1n) is 11.4. The minimum Gasteiger partial charge on any atom is -0.380 e. The second kappa shape index (κ2) is 8.71. The van der Waals surface area contributed by atoms with Crippen LogP contribution in [0.25, 0.3) is 16.9 Å². The van der Waals surface area contributed by atoms with Crippen molar-refractivity contribution in [2.24, 2.45) is 0 Å². The molecule has 1 aliphatic heterocycles. The van der Waals surface area contributed by atoms with E-state index in [9.17, 15) is 0 Å². The van der Waals surface area contributed by atoms with Gasteiger partial charge in [0, 0.05) is 43.0 Å². The third kappa shape index (κ3) is 4.90. The highest BCUT2D eigenvalue weighted by Gasteiger charge is 2.14. The molecule has 0 aliphatic carbocycles. The van der Waals surface area contributed by atoms with Crippen molar-refractivity contribution < 1.29 is 0 Å². The molecular weight excluding hydrogens is 412 g/mol. The van der Waals surface area contributed by atoms with E-state index >= 15 is 0 Å². The maximum absolute atomic E-state index is 4.72. The average molecular weight is 443 g/mol. The number of piperazine rings is 1. The Balaban J connectivity index is 1.39. The first-order valence-corrected chi connectivity index (χ1v) is 11.4. The van der Waals surface area contributed by atoms with Gasteiger partial charge in [-0.3, -0.25) is 0 Å². The Morgan fingerprint density at radius 1 is 0.970 bits per heavy atom. The highest BCUT2D eigenvalue weighted by molar-refractivity contribution is 5.68. The summed E-state index contributed by atoms with van der Waals surface area (Å²) in [5, 5.41) is 14.9. The lowest BCUT2D eigenvalue weighted by Gasteiger charge is -2.29. The van der Waals surface area contributed by atoms with Gasteiger partial charge in [-0.2, -0.15) is 4.98 Å². The van der Waals surface area contributed by atoms with Gasteiger partial charge in [-0.05, 0) is 57.2 Å². The number of hydrogen-bond acceptors (Lipinski definition) is 7. The quantitative estimate of drug-likeness (QED) is 0.428. The summed E-state index contributed by atoms with van der Waals surface area (Å²) < 4.78 is 1.87. The van der Waals surface area contributed by atoms with Crippen molar-refractivity contribution in [2.45, 2.75) is 26.3 Å². The first kappa shape index (κ1) is 21.2. The van der Waals surface area contributed by atoms with Crippen LogP contribution in [-0.4, -0.2) is 51.3 Å². The van der Waals surface area contributed by atoms with E-state index in [2.05, 4.69) is 88.0 Å². The minimum atomic E-state index is -0.0115. The molecule has 8 nitrogen and oxygen atoms in total. The topological polar surface area (TPSA) is 82.4 Å². The summed E-state index contributed by atoms with van der Waals surface area (Å²) in [4.78, 5) is 11.6. The summed E-state index contributed by atoms with van der Waals surface area (Å²) in [5.41, 5.74) is 5.03. The number of benzene rings is 1. The molecule has 0 saturated carbocycles. The fraction of sp³-hybridized carbons (Fsp3) is 0.320. The van der Waals surface area contributed by atoms with Crippen molar-refractivity contribution in [1.29, 1.82) is 0 Å². The van der Waals surface area contributed by atoms with Gasteiger partial charge in [0.2, 0.25) is 5.95 Å². The molecule has 33 heavy (non-hydrogen) atoms. The van der Waals surface area contributed by atoms with Crippen molar-refractivity contribution in [3.8, 4) is 11.3 Å². The average Bonchev–Trinajstić information content (AvgIpc) is 3.22. The molecule has 1 aliphatic rings. The number of nitrogens with one attached hydrogen (secondary N) is 3. The summed E-state index contributed by atoms with van der Waals surface area (Å²) in [5.74, 6) is 1.25. The standard InChI is InChI=1S/C25H30N8/c1-25(2,3)30-19-7-4-6-18(16-19)21-8-5-9-23-29-24(31-33(21)23)28-22-11-10-20(17-27-22)32-14-12-26-13-15-32/h4-11,16-17,26,30H,12-15H2,1-3H3,(H,27,28,31). The SMILES string of the molecule is CC(C)(C)Nc1cccc(-c2cccc3nc(Nc4ccc(N5CCNCC5)cn4)nn23)c1. The van der Waals surface area contributed by atoms with Crippen LogP contribution in [0, 0.1) is 0 Å². The monoisotopic (exact) mass is 442 g/mol. The normalized spacial score (nSPS) is 14.5. The Labute approximate surface area is 194 Å². The number of nitrogens with zero attached hydrogens (tertiary/aromatic N) is 5. The Bertz CT molecular complexity index is 1230. The first-order chi connectivity index (χ1) is 15.9. The Morgan fingerprint density at radius 2 is 1.79 bits per heavy atom. The van der Waals surface area contributed by atoms with Crippen LogP contribution in [0.4, 0.5) is 23.1 Å². The van der Waals surface area contributed by atoms with Crippen LogP contribution in [0.5, 0.6) is 0 Å². The van der Waals surface area contributed by atoms with Gasteiger partial charge in [0.15, 0.2) is 5.65 Å². The zero-order valence-corrected chi connectivity index (χ0v) is 19.3. The molecule has 4 aromatic rings. The largest absolute Gasteiger partial charge is 0.380 e. The van der Waals surface area contributed by atoms with E-state index in [0.717, 1.165) is 60.3 Å². The second-order valence-corrected chi connectivity index (χ2v) is 9.34. The highest BCUT2D eigenvalue weighted by Crippen LogP contribution is 2.26. The lowest BCUT2D eigenvalue weighted by Crippen LogP contribution is -2.43. The molecule has 0 amide bonds. The van der Waals surface area contributed by atoms with Crippen LogP contribution in [-0.2, 0) is 0 Å². The predicted molar refractivity (Wildman–Crippen MR) is 134 cm³/mol. The third-order valence-electron chi connectivity index (χ3n) is 5.51. The highest BCUT2D eigenvalue weighted by atomic mass is 15.4. The molecule has 0 bridgehead atoms. The van der Waals surface area contributed by atoms with E-state index in [-0.39, 0.29) is 5.54 Å². The van der Waals surface area contributed by atoms with Gasteiger partial charge in [0.1, 0.15) is 5.82 Å². The Morgan fingerprint density at radius 3 is 2.55 bits per heavy atom. The van der Waals surface area contributed by atoms with Crippen LogP contribution in [0.15, 0.2) is 60.8 Å². The van der Waals surface area contributed by atoms with Gasteiger partial charge in [-0.25, -0.2) is 9.50 Å². The molecule has 4 heterocycles. The van der Waals surface area contributed by atoms with Gasteiger partial charge in [0.25, 0.3) is 0 Å². The van der Waals surface area contributed by atoms with E-state index in [0.29, 0.717) is 5.95 Å². The second-order valence-electron chi connectivity index (χ2n) is 9.34. The fourth-order valence-electron chi connectivity index (χ4n) is 4.05. The predicted octanol–water partition coefficient (Wildman–Crippen LogP) is 4.15. The zero-order valence-electron chi connectivity index (χ0n) is 19.3. The molecule has 1 saturated heterocycles. The fourth-order valence-corrected chi connectivity index (χ4v) is 4.05. The van der Waals surface area contributed by atoms with Crippen LogP contribution >= 0.6 is 0 Å². The Hall–Kier alpha value is -3.65. The van der Waals surface area contributed by atoms with Crippen molar-refractivity contribution >= 4 is 28.8 Å². The smallest absolute Gasteiger partial charge is 0.248 e.